The molecule has 2 aromatic rings. The third kappa shape index (κ3) is 8.70. The highest BCUT2D eigenvalue weighted by Gasteiger charge is 2.07. The average Bonchev–Trinajstić information content (AvgIpc) is 2.79. The maximum atomic E-state index is 12.3. The van der Waals surface area contributed by atoms with Gasteiger partial charge in [-0.2, -0.15) is 0 Å². The first-order valence-corrected chi connectivity index (χ1v) is 10.7. The first kappa shape index (κ1) is 24.8. The summed E-state index contributed by atoms with van der Waals surface area (Å²) in [5, 5.41) is 9.03. The van der Waals surface area contributed by atoms with Crippen molar-refractivity contribution in [2.24, 2.45) is 4.99 Å². The number of hydrogen-bond acceptors (Lipinski definition) is 4. The van der Waals surface area contributed by atoms with Gasteiger partial charge in [-0.15, -0.1) is 6.42 Å². The molecule has 0 aliphatic carbocycles. The molecule has 0 saturated carbocycles. The Balaban J connectivity index is 1.97. The summed E-state index contributed by atoms with van der Waals surface area (Å²) in [6.45, 7) is 8.77. The van der Waals surface area contributed by atoms with Crippen LogP contribution in [0.3, 0.4) is 0 Å². The Labute approximate surface area is 190 Å². The van der Waals surface area contributed by atoms with E-state index < -0.39 is 0 Å². The molecule has 0 bridgehead atoms. The summed E-state index contributed by atoms with van der Waals surface area (Å²) in [6, 6.07) is 13.2. The third-order valence-corrected chi connectivity index (χ3v) is 4.39. The topological polar surface area (TPSA) is 84.0 Å². The van der Waals surface area contributed by atoms with Crippen molar-refractivity contribution in [3.05, 3.63) is 59.2 Å². The number of nitrogens with zero attached hydrogens (tertiary/aromatic N) is 1. The second-order valence-electron chi connectivity index (χ2n) is 6.98. The fourth-order valence-corrected chi connectivity index (χ4v) is 2.84. The number of carbonyl (C=O) groups excluding carboxylic acids is 1. The van der Waals surface area contributed by atoms with E-state index >= 15 is 0 Å². The van der Waals surface area contributed by atoms with Crippen molar-refractivity contribution >= 4 is 17.6 Å². The Morgan fingerprint density at radius 1 is 1.12 bits per heavy atom. The number of rotatable bonds is 11. The van der Waals surface area contributed by atoms with Gasteiger partial charge < -0.3 is 25.4 Å². The van der Waals surface area contributed by atoms with E-state index in [-0.39, 0.29) is 12.5 Å². The molecule has 0 fully saturated rings. The molecule has 7 nitrogen and oxygen atoms in total. The second kappa shape index (κ2) is 13.7. The smallest absolute Gasteiger partial charge is 0.243 e. The molecular weight excluding hydrogens is 404 g/mol. The van der Waals surface area contributed by atoms with Crippen LogP contribution < -0.4 is 20.7 Å². The number of aliphatic imine (C=N–C) groups is 1. The van der Waals surface area contributed by atoms with Gasteiger partial charge in [0.25, 0.3) is 0 Å². The van der Waals surface area contributed by atoms with Crippen molar-refractivity contribution in [1.82, 2.24) is 10.6 Å². The Bertz CT molecular complexity index is 950. The van der Waals surface area contributed by atoms with E-state index in [0.717, 1.165) is 16.9 Å². The fraction of sp³-hybridized carbons (Fsp3) is 0.360. The predicted octanol–water partition coefficient (Wildman–Crippen LogP) is 3.09. The van der Waals surface area contributed by atoms with Crippen molar-refractivity contribution < 1.29 is 14.3 Å². The van der Waals surface area contributed by atoms with Gasteiger partial charge in [0.1, 0.15) is 12.4 Å². The van der Waals surface area contributed by atoms with Gasteiger partial charge in [0, 0.05) is 30.0 Å². The molecule has 0 spiro atoms. The van der Waals surface area contributed by atoms with Gasteiger partial charge in [0.05, 0.1) is 19.7 Å². The van der Waals surface area contributed by atoms with Crippen molar-refractivity contribution in [3.63, 3.8) is 0 Å². The molecule has 7 heteroatoms. The van der Waals surface area contributed by atoms with E-state index in [1.807, 2.05) is 45.0 Å². The lowest BCUT2D eigenvalue weighted by atomic mass is 10.1. The lowest BCUT2D eigenvalue weighted by Gasteiger charge is -2.14. The normalized spacial score (nSPS) is 10.9. The molecule has 0 aliphatic rings. The van der Waals surface area contributed by atoms with Crippen LogP contribution in [0, 0.1) is 19.3 Å². The van der Waals surface area contributed by atoms with Crippen LogP contribution in [0.25, 0.3) is 0 Å². The number of benzene rings is 2. The van der Waals surface area contributed by atoms with Crippen LogP contribution >= 0.6 is 0 Å². The fourth-order valence-electron chi connectivity index (χ4n) is 2.84. The van der Waals surface area contributed by atoms with E-state index in [0.29, 0.717) is 50.1 Å². The van der Waals surface area contributed by atoms with Crippen LogP contribution in [0.4, 0.5) is 5.69 Å². The van der Waals surface area contributed by atoms with Gasteiger partial charge in [-0.25, -0.2) is 4.99 Å². The molecule has 2 rings (SSSR count). The molecule has 0 heterocycles. The summed E-state index contributed by atoms with van der Waals surface area (Å²) < 4.78 is 11.2. The van der Waals surface area contributed by atoms with E-state index in [1.54, 1.807) is 18.2 Å². The number of guanidine groups is 1. The van der Waals surface area contributed by atoms with Gasteiger partial charge in [-0.05, 0) is 50.6 Å². The lowest BCUT2D eigenvalue weighted by Crippen LogP contribution is -2.41. The summed E-state index contributed by atoms with van der Waals surface area (Å²) in [5.41, 5.74) is 3.44. The third-order valence-electron chi connectivity index (χ3n) is 4.39. The molecule has 3 N–H and O–H groups in total. The van der Waals surface area contributed by atoms with Gasteiger partial charge in [0.2, 0.25) is 5.91 Å². The number of anilines is 1. The zero-order chi connectivity index (χ0) is 23.2. The van der Waals surface area contributed by atoms with E-state index in [9.17, 15) is 4.79 Å². The quantitative estimate of drug-likeness (QED) is 0.218. The first-order chi connectivity index (χ1) is 15.5. The molecule has 1 amide bonds. The number of carbonyl (C=O) groups is 1. The monoisotopic (exact) mass is 436 g/mol. The number of terminal acetylenes is 1. The number of nitrogens with one attached hydrogen (secondary N) is 3. The Hall–Kier alpha value is -3.50. The largest absolute Gasteiger partial charge is 0.491 e. The maximum Gasteiger partial charge on any atom is 0.243 e. The maximum absolute atomic E-state index is 12.3. The van der Waals surface area contributed by atoms with E-state index in [1.165, 1.54) is 0 Å². The Morgan fingerprint density at radius 3 is 2.72 bits per heavy atom. The molecule has 170 valence electrons. The number of hydrogen-bond donors (Lipinski definition) is 3. The molecule has 0 aliphatic heterocycles. The lowest BCUT2D eigenvalue weighted by molar-refractivity contribution is -0.115. The van der Waals surface area contributed by atoms with Crippen molar-refractivity contribution in [3.8, 4) is 18.1 Å². The first-order valence-electron chi connectivity index (χ1n) is 10.7. The zero-order valence-corrected chi connectivity index (χ0v) is 19.0. The highest BCUT2D eigenvalue weighted by molar-refractivity contribution is 5.95. The van der Waals surface area contributed by atoms with E-state index in [4.69, 9.17) is 15.9 Å². The number of ether oxygens (including phenoxy) is 2. The van der Waals surface area contributed by atoms with Gasteiger partial charge in [0.15, 0.2) is 5.96 Å². The van der Waals surface area contributed by atoms with Crippen LogP contribution in [0.5, 0.6) is 5.75 Å². The van der Waals surface area contributed by atoms with Crippen molar-refractivity contribution in [1.29, 1.82) is 0 Å². The number of aryl methyl sites for hydroxylation is 1. The predicted molar refractivity (Wildman–Crippen MR) is 129 cm³/mol. The van der Waals surface area contributed by atoms with E-state index in [2.05, 4.69) is 26.9 Å². The average molecular weight is 437 g/mol. The molecule has 0 atom stereocenters. The molecule has 0 saturated heterocycles. The standard InChI is InChI=1S/C25H32N4O3/c1-5-20-9-8-10-22(16-20)29-24(30)18-28-25(26-6-2)27-17-21-12-11-19(4)15-23(21)32-14-13-31-7-3/h1,8-12,15-16H,6-7,13-14,17-18H2,2-4H3,(H,29,30)(H2,26,27,28). The molecule has 0 unspecified atom stereocenters. The zero-order valence-electron chi connectivity index (χ0n) is 19.0. The second-order valence-corrected chi connectivity index (χ2v) is 6.98. The van der Waals surface area contributed by atoms with Gasteiger partial charge in [-0.3, -0.25) is 4.79 Å². The van der Waals surface area contributed by atoms with Crippen LogP contribution in [0.2, 0.25) is 0 Å². The molecule has 2 aromatic carbocycles. The summed E-state index contributed by atoms with van der Waals surface area (Å²) >= 11 is 0. The highest BCUT2D eigenvalue weighted by Crippen LogP contribution is 2.21. The summed E-state index contributed by atoms with van der Waals surface area (Å²) in [6.07, 6.45) is 5.41. The van der Waals surface area contributed by atoms with Crippen LogP contribution in [0.1, 0.15) is 30.5 Å². The summed E-state index contributed by atoms with van der Waals surface area (Å²) in [4.78, 5) is 16.9. The van der Waals surface area contributed by atoms with Crippen molar-refractivity contribution in [2.45, 2.75) is 27.3 Å². The molecular formula is C25H32N4O3. The van der Waals surface area contributed by atoms with Gasteiger partial charge in [-0.1, -0.05) is 24.1 Å². The summed E-state index contributed by atoms with van der Waals surface area (Å²) in [7, 11) is 0. The van der Waals surface area contributed by atoms with Crippen LogP contribution in [0.15, 0.2) is 47.5 Å². The minimum absolute atomic E-state index is 0.0672. The Kier molecular flexibility index (Phi) is 10.6. The SMILES string of the molecule is C#Cc1cccc(NC(=O)CNC(=NCc2ccc(C)cc2OCCOCC)NCC)c1. The molecule has 0 aromatic heterocycles. The Morgan fingerprint density at radius 2 is 1.97 bits per heavy atom. The van der Waals surface area contributed by atoms with Crippen molar-refractivity contribution in [2.75, 3.05) is 38.2 Å². The summed E-state index contributed by atoms with van der Waals surface area (Å²) in [5.74, 6) is 3.69. The molecule has 32 heavy (non-hydrogen) atoms. The van der Waals surface area contributed by atoms with Crippen LogP contribution in [-0.2, 0) is 16.1 Å². The minimum atomic E-state index is -0.194. The van der Waals surface area contributed by atoms with Crippen LogP contribution in [-0.4, -0.2) is 44.8 Å². The minimum Gasteiger partial charge on any atom is -0.491 e. The highest BCUT2D eigenvalue weighted by atomic mass is 16.5. The van der Waals surface area contributed by atoms with Gasteiger partial charge >= 0.3 is 0 Å². The molecule has 0 radical (unpaired) electrons. The number of amides is 1.